The Morgan fingerprint density at radius 2 is 1.95 bits per heavy atom. The number of benzene rings is 1. The van der Waals surface area contributed by atoms with Gasteiger partial charge in [0.05, 0.1) is 0 Å². The molecule has 1 aliphatic rings. The van der Waals surface area contributed by atoms with Gasteiger partial charge in [0, 0.05) is 42.3 Å². The number of hydrogen-bond acceptors (Lipinski definition) is 3. The van der Waals surface area contributed by atoms with Crippen molar-refractivity contribution in [2.45, 2.75) is 26.3 Å². The summed E-state index contributed by atoms with van der Waals surface area (Å²) < 4.78 is 1.09. The molecule has 0 unspecified atom stereocenters. The number of rotatable bonds is 4. The van der Waals surface area contributed by atoms with E-state index >= 15 is 0 Å². The van der Waals surface area contributed by atoms with Gasteiger partial charge in [0.1, 0.15) is 5.75 Å². The minimum atomic E-state index is 0. The molecule has 0 aromatic heterocycles. The highest BCUT2D eigenvalue weighted by Crippen LogP contribution is 2.39. The first-order chi connectivity index (χ1) is 9.56. The van der Waals surface area contributed by atoms with Crippen molar-refractivity contribution in [2.24, 2.45) is 0 Å². The molecule has 3 nitrogen and oxygen atoms in total. The number of phenolic OH excluding ortho intramolecular Hbond substituents is 1. The molecule has 1 heterocycles. The molecule has 1 aromatic carbocycles. The van der Waals surface area contributed by atoms with E-state index in [-0.39, 0.29) is 30.9 Å². The highest BCUT2D eigenvalue weighted by atomic mass is 79.9. The fraction of sp³-hybridized carbons (Fsp3) is 0.500. The molecular formula is C16H25BrCl2N2O. The van der Waals surface area contributed by atoms with Crippen LogP contribution in [0.4, 0.5) is 0 Å². The van der Waals surface area contributed by atoms with Crippen molar-refractivity contribution in [3.63, 3.8) is 0 Å². The first kappa shape index (κ1) is 21.7. The van der Waals surface area contributed by atoms with E-state index in [1.807, 2.05) is 19.1 Å². The maximum atomic E-state index is 10.4. The molecular weight excluding hydrogens is 387 g/mol. The van der Waals surface area contributed by atoms with Crippen molar-refractivity contribution in [3.8, 4) is 5.75 Å². The van der Waals surface area contributed by atoms with Crippen LogP contribution in [0.25, 0.3) is 0 Å². The van der Waals surface area contributed by atoms with Crippen molar-refractivity contribution in [2.75, 3.05) is 26.2 Å². The largest absolute Gasteiger partial charge is 0.508 e. The minimum absolute atomic E-state index is 0. The molecule has 22 heavy (non-hydrogen) atoms. The zero-order valence-corrected chi connectivity index (χ0v) is 16.3. The van der Waals surface area contributed by atoms with Crippen molar-refractivity contribution < 1.29 is 5.11 Å². The SMILES string of the molecule is C=CC[C@@H](c1c(O)cc(C)c(Br)c1C)N1CCNCC1.Cl.Cl. The molecule has 0 amide bonds. The fourth-order valence-electron chi connectivity index (χ4n) is 2.97. The first-order valence-electron chi connectivity index (χ1n) is 7.10. The summed E-state index contributed by atoms with van der Waals surface area (Å²) in [6.07, 6.45) is 2.79. The molecule has 2 rings (SSSR count). The number of hydrogen-bond donors (Lipinski definition) is 2. The molecule has 0 aliphatic carbocycles. The van der Waals surface area contributed by atoms with E-state index in [1.54, 1.807) is 0 Å². The first-order valence-corrected chi connectivity index (χ1v) is 7.89. The van der Waals surface area contributed by atoms with Crippen LogP contribution in [0.2, 0.25) is 0 Å². The maximum Gasteiger partial charge on any atom is 0.120 e. The van der Waals surface area contributed by atoms with Gasteiger partial charge < -0.3 is 10.4 Å². The lowest BCUT2D eigenvalue weighted by atomic mass is 9.94. The third kappa shape index (κ3) is 4.62. The van der Waals surface area contributed by atoms with Crippen LogP contribution in [-0.4, -0.2) is 36.2 Å². The Hall–Kier alpha value is -0.260. The van der Waals surface area contributed by atoms with Crippen LogP contribution in [0.3, 0.4) is 0 Å². The van der Waals surface area contributed by atoms with Gasteiger partial charge in [0.15, 0.2) is 0 Å². The lowest BCUT2D eigenvalue weighted by Crippen LogP contribution is -2.45. The lowest BCUT2D eigenvalue weighted by molar-refractivity contribution is 0.171. The average molecular weight is 412 g/mol. The van der Waals surface area contributed by atoms with Gasteiger partial charge >= 0.3 is 0 Å². The number of aryl methyl sites for hydroxylation is 1. The predicted octanol–water partition coefficient (Wildman–Crippen LogP) is 4.14. The van der Waals surface area contributed by atoms with Crippen molar-refractivity contribution in [1.82, 2.24) is 10.2 Å². The molecule has 1 fully saturated rings. The Morgan fingerprint density at radius 1 is 1.36 bits per heavy atom. The quantitative estimate of drug-likeness (QED) is 0.730. The van der Waals surface area contributed by atoms with E-state index in [1.165, 1.54) is 0 Å². The van der Waals surface area contributed by atoms with Crippen LogP contribution in [0.1, 0.15) is 29.2 Å². The highest BCUT2D eigenvalue weighted by molar-refractivity contribution is 9.10. The number of nitrogens with zero attached hydrogens (tertiary/aromatic N) is 1. The van der Waals surface area contributed by atoms with E-state index in [2.05, 4.69) is 39.6 Å². The highest BCUT2D eigenvalue weighted by Gasteiger charge is 2.26. The van der Waals surface area contributed by atoms with Crippen LogP contribution in [0.15, 0.2) is 23.2 Å². The van der Waals surface area contributed by atoms with Crippen LogP contribution < -0.4 is 5.32 Å². The third-order valence-electron chi connectivity index (χ3n) is 4.02. The summed E-state index contributed by atoms with van der Waals surface area (Å²) in [6, 6.07) is 2.05. The van der Waals surface area contributed by atoms with Gasteiger partial charge in [0.2, 0.25) is 0 Å². The van der Waals surface area contributed by atoms with Gasteiger partial charge in [-0.15, -0.1) is 31.4 Å². The minimum Gasteiger partial charge on any atom is -0.508 e. The molecule has 0 radical (unpaired) electrons. The van der Waals surface area contributed by atoms with Crippen LogP contribution in [-0.2, 0) is 0 Å². The van der Waals surface area contributed by atoms with Crippen molar-refractivity contribution in [1.29, 1.82) is 0 Å². The molecule has 0 bridgehead atoms. The smallest absolute Gasteiger partial charge is 0.120 e. The summed E-state index contributed by atoms with van der Waals surface area (Å²) in [6.45, 7) is 12.0. The van der Waals surface area contributed by atoms with Crippen molar-refractivity contribution in [3.05, 3.63) is 39.9 Å². The molecule has 1 atom stereocenters. The summed E-state index contributed by atoms with van der Waals surface area (Å²) in [5.74, 6) is 0.397. The second-order valence-corrected chi connectivity index (χ2v) is 6.18. The number of nitrogens with one attached hydrogen (secondary N) is 1. The molecule has 6 heteroatoms. The zero-order valence-electron chi connectivity index (χ0n) is 13.1. The molecule has 0 saturated carbocycles. The monoisotopic (exact) mass is 410 g/mol. The van der Waals surface area contributed by atoms with Crippen LogP contribution in [0, 0.1) is 13.8 Å². The van der Waals surface area contributed by atoms with Gasteiger partial charge in [-0.1, -0.05) is 22.0 Å². The predicted molar refractivity (Wildman–Crippen MR) is 102 cm³/mol. The zero-order chi connectivity index (χ0) is 14.7. The van der Waals surface area contributed by atoms with E-state index < -0.39 is 0 Å². The summed E-state index contributed by atoms with van der Waals surface area (Å²) in [4.78, 5) is 2.43. The summed E-state index contributed by atoms with van der Waals surface area (Å²) in [5.41, 5.74) is 3.23. The second-order valence-electron chi connectivity index (χ2n) is 5.39. The molecule has 0 spiro atoms. The summed E-state index contributed by atoms with van der Waals surface area (Å²) in [7, 11) is 0. The molecule has 1 aliphatic heterocycles. The Labute approximate surface area is 154 Å². The summed E-state index contributed by atoms with van der Waals surface area (Å²) in [5, 5.41) is 13.8. The number of aromatic hydroxyl groups is 1. The van der Waals surface area contributed by atoms with E-state index in [9.17, 15) is 5.11 Å². The third-order valence-corrected chi connectivity index (χ3v) is 5.24. The van der Waals surface area contributed by atoms with Gasteiger partial charge in [-0.25, -0.2) is 0 Å². The standard InChI is InChI=1S/C16H23BrN2O.2ClH/c1-4-5-13(19-8-6-18-7-9-19)15-12(3)16(17)11(2)10-14(15)20;;/h4,10,13,18,20H,1,5-9H2,2-3H3;2*1H/t13-;;/m0../s1. The molecule has 1 saturated heterocycles. The maximum absolute atomic E-state index is 10.4. The van der Waals surface area contributed by atoms with Crippen LogP contribution in [0.5, 0.6) is 5.75 Å². The molecule has 2 N–H and O–H groups in total. The van der Waals surface area contributed by atoms with Crippen molar-refractivity contribution >= 4 is 40.7 Å². The normalized spacial score (nSPS) is 16.3. The number of phenols is 1. The molecule has 1 aromatic rings. The Morgan fingerprint density at radius 3 is 2.50 bits per heavy atom. The van der Waals surface area contributed by atoms with Gasteiger partial charge in [-0.2, -0.15) is 0 Å². The fourth-order valence-corrected chi connectivity index (χ4v) is 3.30. The van der Waals surface area contributed by atoms with E-state index in [0.29, 0.717) is 5.75 Å². The Balaban J connectivity index is 0.00000220. The lowest BCUT2D eigenvalue weighted by Gasteiger charge is -2.36. The number of halogens is 3. The second kappa shape index (κ2) is 9.78. The average Bonchev–Trinajstić information content (AvgIpc) is 2.45. The summed E-state index contributed by atoms with van der Waals surface area (Å²) >= 11 is 3.64. The van der Waals surface area contributed by atoms with E-state index in [4.69, 9.17) is 0 Å². The number of piperazine rings is 1. The van der Waals surface area contributed by atoms with Gasteiger partial charge in [-0.05, 0) is 37.5 Å². The Kier molecular flexibility index (Phi) is 9.67. The van der Waals surface area contributed by atoms with E-state index in [0.717, 1.165) is 53.8 Å². The van der Waals surface area contributed by atoms with Crippen LogP contribution >= 0.6 is 40.7 Å². The topological polar surface area (TPSA) is 35.5 Å². The van der Waals surface area contributed by atoms with Gasteiger partial charge in [-0.3, -0.25) is 4.90 Å². The van der Waals surface area contributed by atoms with Gasteiger partial charge in [0.25, 0.3) is 0 Å². The molecule has 126 valence electrons. The Bertz CT molecular complexity index is 505.